The van der Waals surface area contributed by atoms with Crippen molar-refractivity contribution in [2.24, 2.45) is 0 Å². The lowest BCUT2D eigenvalue weighted by Gasteiger charge is -2.26. The maximum Gasteiger partial charge on any atom is 0.329 e. The van der Waals surface area contributed by atoms with Gasteiger partial charge in [-0.2, -0.15) is 0 Å². The van der Waals surface area contributed by atoms with Gasteiger partial charge in [0.25, 0.3) is 0 Å². The summed E-state index contributed by atoms with van der Waals surface area (Å²) in [7, 11) is 0. The summed E-state index contributed by atoms with van der Waals surface area (Å²) >= 11 is 0. The largest absolute Gasteiger partial charge is 0.329 e. The van der Waals surface area contributed by atoms with E-state index in [0.717, 1.165) is 0 Å². The van der Waals surface area contributed by atoms with E-state index in [9.17, 15) is 14.4 Å². The fourth-order valence-corrected chi connectivity index (χ4v) is 2.12. The van der Waals surface area contributed by atoms with Crippen molar-refractivity contribution in [2.75, 3.05) is 11.4 Å². The van der Waals surface area contributed by atoms with E-state index >= 15 is 0 Å². The van der Waals surface area contributed by atoms with E-state index in [4.69, 9.17) is 0 Å². The zero-order valence-corrected chi connectivity index (χ0v) is 9.87. The molecule has 2 aromatic rings. The van der Waals surface area contributed by atoms with Crippen LogP contribution in [0.3, 0.4) is 0 Å². The van der Waals surface area contributed by atoms with E-state index < -0.39 is 6.03 Å². The molecule has 0 radical (unpaired) electrons. The number of anilines is 1. The lowest BCUT2D eigenvalue weighted by molar-refractivity contribution is -0.120. The van der Waals surface area contributed by atoms with Crippen LogP contribution in [0.4, 0.5) is 10.6 Å². The van der Waals surface area contributed by atoms with E-state index in [0.29, 0.717) is 29.9 Å². The summed E-state index contributed by atoms with van der Waals surface area (Å²) < 4.78 is 1.65. The highest BCUT2D eigenvalue weighted by Gasteiger charge is 2.25. The molecule has 1 aliphatic rings. The van der Waals surface area contributed by atoms with E-state index in [1.807, 2.05) is 0 Å². The van der Waals surface area contributed by atoms with Gasteiger partial charge in [-0.25, -0.2) is 9.78 Å². The number of nitrogens with one attached hydrogen (secondary N) is 1. The molecule has 0 aromatic carbocycles. The van der Waals surface area contributed by atoms with Gasteiger partial charge in [0.15, 0.2) is 6.29 Å². The Morgan fingerprint density at radius 3 is 2.89 bits per heavy atom. The van der Waals surface area contributed by atoms with Gasteiger partial charge in [-0.3, -0.25) is 24.2 Å². The Labute approximate surface area is 107 Å². The topological polar surface area (TPSA) is 83.8 Å². The second-order valence-electron chi connectivity index (χ2n) is 4.14. The molecule has 7 nitrogen and oxygen atoms in total. The third kappa shape index (κ3) is 1.75. The molecule has 3 amide bonds. The third-order valence-corrected chi connectivity index (χ3v) is 3.02. The summed E-state index contributed by atoms with van der Waals surface area (Å²) in [6.07, 6.45) is 2.40. The number of aldehydes is 1. The number of fused-ring (bicyclic) bond motifs is 1. The van der Waals surface area contributed by atoms with Crippen molar-refractivity contribution in [3.05, 3.63) is 30.2 Å². The van der Waals surface area contributed by atoms with Gasteiger partial charge in [-0.15, -0.1) is 0 Å². The third-order valence-electron chi connectivity index (χ3n) is 3.02. The minimum atomic E-state index is -0.467. The second-order valence-corrected chi connectivity index (χ2v) is 4.14. The normalized spacial score (nSPS) is 15.7. The zero-order chi connectivity index (χ0) is 13.4. The number of aromatic nitrogens is 2. The average molecular weight is 258 g/mol. The molecule has 3 rings (SSSR count). The highest BCUT2D eigenvalue weighted by molar-refractivity contribution is 6.05. The quantitative estimate of drug-likeness (QED) is 0.799. The van der Waals surface area contributed by atoms with Crippen LogP contribution in [0.2, 0.25) is 0 Å². The number of pyridine rings is 1. The van der Waals surface area contributed by atoms with Crippen molar-refractivity contribution in [1.29, 1.82) is 0 Å². The van der Waals surface area contributed by atoms with Gasteiger partial charge in [0.1, 0.15) is 17.8 Å². The van der Waals surface area contributed by atoms with Crippen LogP contribution in [0.15, 0.2) is 24.5 Å². The molecule has 0 atom stereocenters. The first-order chi connectivity index (χ1) is 9.20. The number of hydrogen-bond acceptors (Lipinski definition) is 4. The predicted molar refractivity (Wildman–Crippen MR) is 66.1 cm³/mol. The molecular weight excluding hydrogens is 248 g/mol. The van der Waals surface area contributed by atoms with Crippen LogP contribution in [-0.4, -0.2) is 34.2 Å². The van der Waals surface area contributed by atoms with E-state index in [1.165, 1.54) is 11.2 Å². The molecule has 96 valence electrons. The molecule has 3 heterocycles. The Morgan fingerprint density at radius 2 is 2.16 bits per heavy atom. The van der Waals surface area contributed by atoms with Gasteiger partial charge >= 0.3 is 6.03 Å². The Kier molecular flexibility index (Phi) is 2.52. The molecule has 0 saturated carbocycles. The molecule has 2 aromatic heterocycles. The lowest BCUT2D eigenvalue weighted by atomic mass is 10.3. The Hall–Kier alpha value is -2.70. The molecule has 19 heavy (non-hydrogen) atoms. The summed E-state index contributed by atoms with van der Waals surface area (Å²) in [5.74, 6) is 0.288. The monoisotopic (exact) mass is 258 g/mol. The molecular formula is C12H10N4O3. The number of rotatable bonds is 2. The van der Waals surface area contributed by atoms with Gasteiger partial charge in [0, 0.05) is 13.0 Å². The van der Waals surface area contributed by atoms with Crippen molar-refractivity contribution < 1.29 is 14.4 Å². The molecule has 0 bridgehead atoms. The number of imide groups is 1. The van der Waals surface area contributed by atoms with Crippen molar-refractivity contribution in [3.63, 3.8) is 0 Å². The minimum absolute atomic E-state index is 0.247. The first kappa shape index (κ1) is 11.4. The molecule has 1 aliphatic heterocycles. The number of carbonyl (C=O) groups excluding carboxylic acids is 3. The van der Waals surface area contributed by atoms with Crippen LogP contribution in [0, 0.1) is 0 Å². The van der Waals surface area contributed by atoms with Crippen LogP contribution >= 0.6 is 0 Å². The number of amides is 3. The fourth-order valence-electron chi connectivity index (χ4n) is 2.12. The van der Waals surface area contributed by atoms with Crippen LogP contribution in [-0.2, 0) is 4.79 Å². The molecule has 0 aliphatic carbocycles. The van der Waals surface area contributed by atoms with Gasteiger partial charge in [-0.05, 0) is 12.1 Å². The van der Waals surface area contributed by atoms with Crippen molar-refractivity contribution in [1.82, 2.24) is 14.7 Å². The van der Waals surface area contributed by atoms with Gasteiger partial charge < -0.3 is 0 Å². The van der Waals surface area contributed by atoms with Crippen LogP contribution in [0.5, 0.6) is 0 Å². The Balaban J connectivity index is 2.10. The maximum absolute atomic E-state index is 11.8. The smallest absolute Gasteiger partial charge is 0.296 e. The summed E-state index contributed by atoms with van der Waals surface area (Å²) in [6, 6.07) is 4.75. The summed E-state index contributed by atoms with van der Waals surface area (Å²) in [6.45, 7) is 0.304. The number of nitrogens with zero attached hydrogens (tertiary/aromatic N) is 3. The Bertz CT molecular complexity index is 691. The van der Waals surface area contributed by atoms with Crippen LogP contribution in [0.25, 0.3) is 5.52 Å². The molecule has 0 unspecified atom stereocenters. The minimum Gasteiger partial charge on any atom is -0.296 e. The summed E-state index contributed by atoms with van der Waals surface area (Å²) in [5, 5.41) is 2.26. The van der Waals surface area contributed by atoms with Gasteiger partial charge in [0.05, 0.1) is 5.52 Å². The second kappa shape index (κ2) is 4.20. The van der Waals surface area contributed by atoms with Crippen molar-refractivity contribution >= 4 is 29.6 Å². The fraction of sp³-hybridized carbons (Fsp3) is 0.167. The Morgan fingerprint density at radius 1 is 1.32 bits per heavy atom. The van der Waals surface area contributed by atoms with Crippen molar-refractivity contribution in [2.45, 2.75) is 6.42 Å². The highest BCUT2D eigenvalue weighted by atomic mass is 16.2. The van der Waals surface area contributed by atoms with Crippen LogP contribution in [0.1, 0.15) is 16.9 Å². The molecule has 1 N–H and O–H groups in total. The number of carbonyl (C=O) groups is 3. The molecule has 0 spiro atoms. The summed E-state index contributed by atoms with van der Waals surface area (Å²) in [5.41, 5.74) is 0.938. The average Bonchev–Trinajstić information content (AvgIpc) is 2.82. The predicted octanol–water partition coefficient (Wildman–Crippen LogP) is 0.593. The van der Waals surface area contributed by atoms with E-state index in [2.05, 4.69) is 10.3 Å². The lowest BCUT2D eigenvalue weighted by Crippen LogP contribution is -2.50. The SMILES string of the molecule is O=Cc1ncn2c(N3CCC(=O)NC3=O)cccc12. The molecule has 7 heteroatoms. The van der Waals surface area contributed by atoms with Gasteiger partial charge in [0.2, 0.25) is 5.91 Å². The van der Waals surface area contributed by atoms with Crippen molar-refractivity contribution in [3.8, 4) is 0 Å². The standard InChI is InChI=1S/C12H10N4O3/c17-6-8-9-2-1-3-11(16(9)7-13-8)15-5-4-10(18)14-12(15)19/h1-3,6-7H,4-5H2,(H,14,18,19). The first-order valence-corrected chi connectivity index (χ1v) is 5.73. The molecule has 1 fully saturated rings. The van der Waals surface area contributed by atoms with E-state index in [-0.39, 0.29) is 12.3 Å². The number of urea groups is 1. The molecule has 1 saturated heterocycles. The van der Waals surface area contributed by atoms with E-state index in [1.54, 1.807) is 22.6 Å². The maximum atomic E-state index is 11.8. The zero-order valence-electron chi connectivity index (χ0n) is 9.87. The van der Waals surface area contributed by atoms with Gasteiger partial charge in [-0.1, -0.05) is 6.07 Å². The highest BCUT2D eigenvalue weighted by Crippen LogP contribution is 2.20. The van der Waals surface area contributed by atoms with Crippen LogP contribution < -0.4 is 10.2 Å². The summed E-state index contributed by atoms with van der Waals surface area (Å²) in [4.78, 5) is 39.2. The number of imidazole rings is 1. The first-order valence-electron chi connectivity index (χ1n) is 5.73. The number of hydrogen-bond donors (Lipinski definition) is 1.